The van der Waals surface area contributed by atoms with Crippen molar-refractivity contribution in [2.75, 3.05) is 66.9 Å². The summed E-state index contributed by atoms with van der Waals surface area (Å²) in [6, 6.07) is 20.2. The Morgan fingerprint density at radius 3 is 2.34 bits per heavy atom. The molecule has 0 unspecified atom stereocenters. The van der Waals surface area contributed by atoms with Crippen molar-refractivity contribution in [1.29, 1.82) is 0 Å². The van der Waals surface area contributed by atoms with Gasteiger partial charge in [0.2, 0.25) is 21.9 Å². The number of benzene rings is 4. The average molecular weight is 821 g/mol. The van der Waals surface area contributed by atoms with Gasteiger partial charge in [-0.2, -0.15) is 4.98 Å². The molecular weight excluding hydrogens is 773 g/mol. The standard InChI is InChI=1S/C43H48N8O7S/c1-8-28-13-14-34(32(23-28)40(52)45-27(2)26-51-19-21-57-22-20-51)46-41-44-18-17-38(49-41)58-37-16-15-33(30-11-9-10-12-31(30)37)47-42(53)48-35-24-29(43(3,4)5)25-36(39(35)56-6)50-59(7,54)55/h1,9-18,23-25,27,50H,19-22,26H2,2-7H3,(H,45,52)(H,44,46,49)(H2,47,48,53)/t27-/m0/s1. The second-order valence-electron chi connectivity index (χ2n) is 15.1. The normalized spacial score (nSPS) is 13.8. The van der Waals surface area contributed by atoms with Gasteiger partial charge in [-0.25, -0.2) is 18.2 Å². The van der Waals surface area contributed by atoms with Crippen LogP contribution in [0.3, 0.4) is 0 Å². The van der Waals surface area contributed by atoms with Crippen molar-refractivity contribution in [3.8, 4) is 29.7 Å². The van der Waals surface area contributed by atoms with E-state index in [9.17, 15) is 18.0 Å². The van der Waals surface area contributed by atoms with Crippen molar-refractivity contribution in [1.82, 2.24) is 20.2 Å². The minimum absolute atomic E-state index is 0.129. The third-order valence-electron chi connectivity index (χ3n) is 9.37. The van der Waals surface area contributed by atoms with E-state index in [2.05, 4.69) is 46.8 Å². The number of carbonyl (C=O) groups excluding carboxylic acids is 2. The van der Waals surface area contributed by atoms with Crippen LogP contribution in [0.1, 0.15) is 49.2 Å². The summed E-state index contributed by atoms with van der Waals surface area (Å²) in [7, 11) is -2.26. The van der Waals surface area contributed by atoms with E-state index in [1.54, 1.807) is 48.5 Å². The molecule has 1 atom stereocenters. The van der Waals surface area contributed by atoms with Gasteiger partial charge in [0, 0.05) is 54.3 Å². The number of carbonyl (C=O) groups is 2. The van der Waals surface area contributed by atoms with Gasteiger partial charge < -0.3 is 35.5 Å². The number of morpholine rings is 1. The smallest absolute Gasteiger partial charge is 0.323 e. The lowest BCUT2D eigenvalue weighted by Gasteiger charge is -2.29. The van der Waals surface area contributed by atoms with E-state index in [-0.39, 0.29) is 46.3 Å². The number of aromatic nitrogens is 2. The van der Waals surface area contributed by atoms with Gasteiger partial charge in [-0.05, 0) is 60.4 Å². The van der Waals surface area contributed by atoms with Gasteiger partial charge in [0.25, 0.3) is 5.91 Å². The molecule has 1 fully saturated rings. The Balaban J connectivity index is 1.20. The summed E-state index contributed by atoms with van der Waals surface area (Å²) in [6.45, 7) is 11.5. The zero-order valence-corrected chi connectivity index (χ0v) is 34.6. The maximum absolute atomic E-state index is 13.5. The number of fused-ring (bicyclic) bond motifs is 1. The highest BCUT2D eigenvalue weighted by Crippen LogP contribution is 2.40. The molecule has 0 bridgehead atoms. The second kappa shape index (κ2) is 18.0. The summed E-state index contributed by atoms with van der Waals surface area (Å²) in [5.74, 6) is 3.33. The van der Waals surface area contributed by atoms with Gasteiger partial charge in [0.15, 0.2) is 5.75 Å². The first-order chi connectivity index (χ1) is 28.1. The fraction of sp³-hybridized carbons (Fsp3) is 0.302. The van der Waals surface area contributed by atoms with Crippen molar-refractivity contribution in [2.45, 2.75) is 39.2 Å². The maximum atomic E-state index is 13.5. The zero-order valence-electron chi connectivity index (χ0n) is 33.8. The Morgan fingerprint density at radius 1 is 0.949 bits per heavy atom. The largest absolute Gasteiger partial charge is 0.492 e. The highest BCUT2D eigenvalue weighted by Gasteiger charge is 2.23. The van der Waals surface area contributed by atoms with Gasteiger partial charge in [-0.15, -0.1) is 6.42 Å². The number of hydrogen-bond acceptors (Lipinski definition) is 11. The first-order valence-electron chi connectivity index (χ1n) is 18.9. The Morgan fingerprint density at radius 2 is 1.64 bits per heavy atom. The van der Waals surface area contributed by atoms with Crippen LogP contribution in [0.4, 0.5) is 33.5 Å². The molecule has 0 spiro atoms. The average Bonchev–Trinajstić information content (AvgIpc) is 3.18. The summed E-state index contributed by atoms with van der Waals surface area (Å²) in [5.41, 5.74) is 2.70. The van der Waals surface area contributed by atoms with Crippen LogP contribution < -0.4 is 35.5 Å². The van der Waals surface area contributed by atoms with E-state index in [4.69, 9.17) is 20.6 Å². The number of nitrogens with one attached hydrogen (secondary N) is 5. The van der Waals surface area contributed by atoms with Crippen LogP contribution in [-0.2, 0) is 20.2 Å². The van der Waals surface area contributed by atoms with Gasteiger partial charge in [-0.1, -0.05) is 51.0 Å². The summed E-state index contributed by atoms with van der Waals surface area (Å²) < 4.78 is 44.1. The fourth-order valence-electron chi connectivity index (χ4n) is 6.54. The molecule has 1 aliphatic rings. The highest BCUT2D eigenvalue weighted by atomic mass is 32.2. The second-order valence-corrected chi connectivity index (χ2v) is 16.9. The molecule has 1 aromatic heterocycles. The van der Waals surface area contributed by atoms with Crippen LogP contribution in [-0.4, -0.2) is 87.5 Å². The Kier molecular flexibility index (Phi) is 12.9. The minimum Gasteiger partial charge on any atom is -0.492 e. The van der Waals surface area contributed by atoms with E-state index in [0.717, 1.165) is 24.9 Å². The quantitative estimate of drug-likeness (QED) is 0.0777. The molecular formula is C43H48N8O7S. The van der Waals surface area contributed by atoms with Crippen molar-refractivity contribution >= 4 is 61.4 Å². The number of hydrogen-bond donors (Lipinski definition) is 5. The predicted molar refractivity (Wildman–Crippen MR) is 231 cm³/mol. The van der Waals surface area contributed by atoms with Gasteiger partial charge in [-0.3, -0.25) is 14.4 Å². The molecule has 308 valence electrons. The summed E-state index contributed by atoms with van der Waals surface area (Å²) in [6.07, 6.45) is 8.26. The molecule has 1 aliphatic heterocycles. The molecule has 0 saturated carbocycles. The third-order valence-corrected chi connectivity index (χ3v) is 9.96. The molecule has 1 saturated heterocycles. The Hall–Kier alpha value is -6.41. The summed E-state index contributed by atoms with van der Waals surface area (Å²) >= 11 is 0. The lowest BCUT2D eigenvalue weighted by Crippen LogP contribution is -2.46. The number of nitrogens with zero attached hydrogens (tertiary/aromatic N) is 3. The van der Waals surface area contributed by atoms with Crippen LogP contribution in [0, 0.1) is 12.3 Å². The van der Waals surface area contributed by atoms with E-state index >= 15 is 0 Å². The monoisotopic (exact) mass is 820 g/mol. The van der Waals surface area contributed by atoms with Gasteiger partial charge >= 0.3 is 6.03 Å². The minimum atomic E-state index is -3.66. The Bertz CT molecular complexity index is 2510. The molecule has 5 aromatic rings. The molecule has 15 nitrogen and oxygen atoms in total. The van der Waals surface area contributed by atoms with E-state index < -0.39 is 16.1 Å². The lowest BCUT2D eigenvalue weighted by atomic mass is 9.86. The molecule has 4 aromatic carbocycles. The van der Waals surface area contributed by atoms with Crippen LogP contribution in [0.5, 0.6) is 17.4 Å². The first-order valence-corrected chi connectivity index (χ1v) is 20.8. The molecule has 2 heterocycles. The number of ether oxygens (including phenoxy) is 3. The molecule has 59 heavy (non-hydrogen) atoms. The maximum Gasteiger partial charge on any atom is 0.323 e. The van der Waals surface area contributed by atoms with Gasteiger partial charge in [0.05, 0.1) is 54.9 Å². The molecule has 3 amide bonds. The number of sulfonamides is 1. The fourth-order valence-corrected chi connectivity index (χ4v) is 7.09. The number of terminal acetylenes is 1. The summed E-state index contributed by atoms with van der Waals surface area (Å²) in [5, 5.41) is 13.3. The van der Waals surface area contributed by atoms with Crippen molar-refractivity contribution < 1.29 is 32.2 Å². The van der Waals surface area contributed by atoms with Crippen LogP contribution in [0.2, 0.25) is 0 Å². The predicted octanol–water partition coefficient (Wildman–Crippen LogP) is 6.92. The zero-order chi connectivity index (χ0) is 42.3. The number of methoxy groups -OCH3 is 1. The number of amides is 3. The van der Waals surface area contributed by atoms with E-state index in [0.29, 0.717) is 58.8 Å². The van der Waals surface area contributed by atoms with Crippen molar-refractivity contribution in [3.63, 3.8) is 0 Å². The lowest BCUT2D eigenvalue weighted by molar-refractivity contribution is 0.0342. The number of anilines is 5. The van der Waals surface area contributed by atoms with E-state index in [1.165, 1.54) is 13.3 Å². The van der Waals surface area contributed by atoms with E-state index in [1.807, 2.05) is 52.0 Å². The molecule has 0 radical (unpaired) electrons. The number of urea groups is 1. The SMILES string of the molecule is C#Cc1ccc(Nc2nccc(Oc3ccc(NC(=O)Nc4cc(C(C)(C)C)cc(NS(C)(=O)=O)c4OC)c4ccccc34)n2)c(C(=O)N[C@@H](C)CN2CCOCC2)c1. The topological polar surface area (TPSA) is 185 Å². The molecule has 6 rings (SSSR count). The molecule has 16 heteroatoms. The molecule has 0 aliphatic carbocycles. The Labute approximate surface area is 344 Å². The van der Waals surface area contributed by atoms with Gasteiger partial charge in [0.1, 0.15) is 5.75 Å². The first kappa shape index (κ1) is 42.2. The van der Waals surface area contributed by atoms with Crippen LogP contribution in [0.25, 0.3) is 10.8 Å². The van der Waals surface area contributed by atoms with Crippen LogP contribution in [0.15, 0.2) is 79.0 Å². The summed E-state index contributed by atoms with van der Waals surface area (Å²) in [4.78, 5) is 38.3. The van der Waals surface area contributed by atoms with Crippen LogP contribution >= 0.6 is 0 Å². The van der Waals surface area contributed by atoms with Crippen molar-refractivity contribution in [2.24, 2.45) is 0 Å². The molecule has 5 N–H and O–H groups in total. The third kappa shape index (κ3) is 11.0. The van der Waals surface area contributed by atoms with Crippen molar-refractivity contribution in [3.05, 3.63) is 95.7 Å². The number of rotatable bonds is 13. The highest BCUT2D eigenvalue weighted by molar-refractivity contribution is 7.92.